The summed E-state index contributed by atoms with van der Waals surface area (Å²) in [6.07, 6.45) is 4.34. The van der Waals surface area contributed by atoms with E-state index in [1.807, 2.05) is 4.90 Å². The normalized spacial score (nSPS) is 23.2. The first-order valence-electron chi connectivity index (χ1n) is 8.78. The summed E-state index contributed by atoms with van der Waals surface area (Å²) < 4.78 is 5.35. The number of hydrogen-bond acceptors (Lipinski definition) is 5. The van der Waals surface area contributed by atoms with E-state index in [-0.39, 0.29) is 5.92 Å². The van der Waals surface area contributed by atoms with Gasteiger partial charge in [0.05, 0.1) is 29.8 Å². The van der Waals surface area contributed by atoms with Gasteiger partial charge in [0.25, 0.3) is 0 Å². The van der Waals surface area contributed by atoms with E-state index >= 15 is 0 Å². The number of morpholine rings is 1. The van der Waals surface area contributed by atoms with Gasteiger partial charge in [-0.2, -0.15) is 0 Å². The molecule has 5 nitrogen and oxygen atoms in total. The van der Waals surface area contributed by atoms with Gasteiger partial charge in [-0.15, -0.1) is 11.3 Å². The average Bonchev–Trinajstić information content (AvgIpc) is 3.03. The molecule has 1 aromatic rings. The average molecular weight is 337 g/mol. The first kappa shape index (κ1) is 16.9. The Morgan fingerprint density at radius 1 is 1.39 bits per heavy atom. The molecule has 0 aromatic carbocycles. The van der Waals surface area contributed by atoms with E-state index in [2.05, 4.69) is 17.2 Å². The Kier molecular flexibility index (Phi) is 6.02. The van der Waals surface area contributed by atoms with E-state index in [4.69, 9.17) is 9.72 Å². The molecule has 1 amide bonds. The second-order valence-corrected chi connectivity index (χ2v) is 7.44. The van der Waals surface area contributed by atoms with Crippen LogP contribution in [0.15, 0.2) is 5.38 Å². The molecule has 3 heterocycles. The lowest BCUT2D eigenvalue weighted by atomic mass is 9.96. The zero-order chi connectivity index (χ0) is 16.1. The fraction of sp³-hybridized carbons (Fsp3) is 0.765. The molecule has 3 rings (SSSR count). The van der Waals surface area contributed by atoms with Crippen molar-refractivity contribution in [3.63, 3.8) is 0 Å². The van der Waals surface area contributed by atoms with Gasteiger partial charge in [-0.3, -0.25) is 9.69 Å². The quantitative estimate of drug-likeness (QED) is 0.826. The predicted molar refractivity (Wildman–Crippen MR) is 91.5 cm³/mol. The summed E-state index contributed by atoms with van der Waals surface area (Å²) in [4.78, 5) is 21.8. The summed E-state index contributed by atoms with van der Waals surface area (Å²) in [6, 6.07) is 0. The van der Waals surface area contributed by atoms with Crippen molar-refractivity contribution < 1.29 is 9.53 Å². The Hall–Kier alpha value is -0.980. The Labute approximate surface area is 142 Å². The van der Waals surface area contributed by atoms with Crippen LogP contribution in [0, 0.1) is 5.92 Å². The van der Waals surface area contributed by atoms with Gasteiger partial charge in [-0.25, -0.2) is 4.98 Å². The summed E-state index contributed by atoms with van der Waals surface area (Å²) in [5.41, 5.74) is 1.16. The predicted octanol–water partition coefficient (Wildman–Crippen LogP) is 2.17. The molecule has 1 atom stereocenters. The highest BCUT2D eigenvalue weighted by molar-refractivity contribution is 7.09. The Balaban J connectivity index is 1.53. The van der Waals surface area contributed by atoms with E-state index in [0.717, 1.165) is 64.1 Å². The van der Waals surface area contributed by atoms with Gasteiger partial charge in [0.2, 0.25) is 5.91 Å². The molecule has 0 spiro atoms. The van der Waals surface area contributed by atoms with Crippen molar-refractivity contribution in [3.8, 4) is 0 Å². The number of thiazole rings is 1. The molecular weight excluding hydrogens is 310 g/mol. The van der Waals surface area contributed by atoms with Crippen LogP contribution in [0.2, 0.25) is 0 Å². The van der Waals surface area contributed by atoms with Crippen LogP contribution in [0.1, 0.15) is 36.9 Å². The van der Waals surface area contributed by atoms with Crippen LogP contribution in [0.3, 0.4) is 0 Å². The minimum Gasteiger partial charge on any atom is -0.378 e. The second kappa shape index (κ2) is 8.22. The van der Waals surface area contributed by atoms with E-state index in [1.54, 1.807) is 11.3 Å². The number of piperidine rings is 1. The summed E-state index contributed by atoms with van der Waals surface area (Å²) in [6.45, 7) is 7.89. The third-order valence-corrected chi connectivity index (χ3v) is 5.58. The number of aromatic nitrogens is 1. The third kappa shape index (κ3) is 4.52. The first-order chi connectivity index (χ1) is 11.3. The van der Waals surface area contributed by atoms with Crippen LogP contribution < -0.4 is 0 Å². The molecule has 0 N–H and O–H groups in total. The molecular formula is C17H27N3O2S. The van der Waals surface area contributed by atoms with Crippen LogP contribution in [-0.2, 0) is 22.5 Å². The summed E-state index contributed by atoms with van der Waals surface area (Å²) in [5.74, 6) is 0.471. The summed E-state index contributed by atoms with van der Waals surface area (Å²) in [5, 5.41) is 3.42. The zero-order valence-electron chi connectivity index (χ0n) is 14.0. The van der Waals surface area contributed by atoms with Gasteiger partial charge in [-0.1, -0.05) is 6.92 Å². The van der Waals surface area contributed by atoms with Crippen molar-refractivity contribution in [3.05, 3.63) is 16.1 Å². The lowest BCUT2D eigenvalue weighted by Gasteiger charge is -2.36. The number of ether oxygens (including phenoxy) is 1. The number of carbonyl (C=O) groups is 1. The zero-order valence-corrected chi connectivity index (χ0v) is 14.8. The minimum absolute atomic E-state index is 0.149. The first-order valence-corrected chi connectivity index (χ1v) is 9.66. The van der Waals surface area contributed by atoms with Crippen molar-refractivity contribution in [1.82, 2.24) is 14.8 Å². The molecule has 23 heavy (non-hydrogen) atoms. The maximum Gasteiger partial charge on any atom is 0.227 e. The number of aryl methyl sites for hydroxylation is 1. The van der Waals surface area contributed by atoms with Crippen LogP contribution in [0.4, 0.5) is 0 Å². The van der Waals surface area contributed by atoms with Gasteiger partial charge in [-0.05, 0) is 32.2 Å². The fourth-order valence-electron chi connectivity index (χ4n) is 3.42. The van der Waals surface area contributed by atoms with Crippen molar-refractivity contribution in [2.24, 2.45) is 5.92 Å². The Bertz CT molecular complexity index is 514. The lowest BCUT2D eigenvalue weighted by molar-refractivity contribution is -0.141. The maximum absolute atomic E-state index is 12.7. The van der Waals surface area contributed by atoms with Crippen molar-refractivity contribution >= 4 is 17.2 Å². The molecule has 0 aliphatic carbocycles. The van der Waals surface area contributed by atoms with E-state index < -0.39 is 0 Å². The maximum atomic E-state index is 12.7. The monoisotopic (exact) mass is 337 g/mol. The Morgan fingerprint density at radius 2 is 2.22 bits per heavy atom. The van der Waals surface area contributed by atoms with E-state index in [9.17, 15) is 4.79 Å². The molecule has 1 aromatic heterocycles. The van der Waals surface area contributed by atoms with Crippen LogP contribution in [0.5, 0.6) is 0 Å². The SMILES string of the molecule is CCCc1nc(CN2CCCC(C(=O)N3CCOCC3)C2)cs1. The molecule has 1 unspecified atom stereocenters. The van der Waals surface area contributed by atoms with Crippen LogP contribution >= 0.6 is 11.3 Å². The molecule has 2 fully saturated rings. The minimum atomic E-state index is 0.149. The summed E-state index contributed by atoms with van der Waals surface area (Å²) >= 11 is 1.77. The summed E-state index contributed by atoms with van der Waals surface area (Å²) in [7, 11) is 0. The lowest BCUT2D eigenvalue weighted by Crippen LogP contribution is -2.48. The van der Waals surface area contributed by atoms with Gasteiger partial charge >= 0.3 is 0 Å². The number of hydrogen-bond donors (Lipinski definition) is 0. The highest BCUT2D eigenvalue weighted by Gasteiger charge is 2.30. The number of amides is 1. The number of nitrogens with zero attached hydrogens (tertiary/aromatic N) is 3. The van der Waals surface area contributed by atoms with Crippen molar-refractivity contribution in [2.75, 3.05) is 39.4 Å². The van der Waals surface area contributed by atoms with E-state index in [0.29, 0.717) is 19.1 Å². The smallest absolute Gasteiger partial charge is 0.227 e. The van der Waals surface area contributed by atoms with Crippen molar-refractivity contribution in [1.29, 1.82) is 0 Å². The standard InChI is InChI=1S/C17H27N3O2S/c1-2-4-16-18-15(13-23-16)12-19-6-3-5-14(11-19)17(21)20-7-9-22-10-8-20/h13-14H,2-12H2,1H3. The number of likely N-dealkylation sites (tertiary alicyclic amines) is 1. The fourth-order valence-corrected chi connectivity index (χ4v) is 4.31. The molecule has 6 heteroatoms. The number of rotatable bonds is 5. The highest BCUT2D eigenvalue weighted by Crippen LogP contribution is 2.22. The molecule has 2 saturated heterocycles. The van der Waals surface area contributed by atoms with Crippen LogP contribution in [0.25, 0.3) is 0 Å². The Morgan fingerprint density at radius 3 is 3.00 bits per heavy atom. The third-order valence-electron chi connectivity index (χ3n) is 4.63. The highest BCUT2D eigenvalue weighted by atomic mass is 32.1. The molecule has 2 aliphatic heterocycles. The van der Waals surface area contributed by atoms with Gasteiger partial charge < -0.3 is 9.64 Å². The molecule has 0 radical (unpaired) electrons. The molecule has 0 bridgehead atoms. The number of carbonyl (C=O) groups excluding carboxylic acids is 1. The topological polar surface area (TPSA) is 45.7 Å². The van der Waals surface area contributed by atoms with Crippen LogP contribution in [-0.4, -0.2) is 60.1 Å². The van der Waals surface area contributed by atoms with Gasteiger partial charge in [0, 0.05) is 31.6 Å². The van der Waals surface area contributed by atoms with Crippen molar-refractivity contribution in [2.45, 2.75) is 39.2 Å². The largest absolute Gasteiger partial charge is 0.378 e. The molecule has 128 valence electrons. The second-order valence-electron chi connectivity index (χ2n) is 6.49. The van der Waals surface area contributed by atoms with E-state index in [1.165, 1.54) is 5.01 Å². The molecule has 2 aliphatic rings. The van der Waals surface area contributed by atoms with Gasteiger partial charge in [0.1, 0.15) is 0 Å². The van der Waals surface area contributed by atoms with Gasteiger partial charge in [0.15, 0.2) is 0 Å². The molecule has 0 saturated carbocycles.